The number of carbonyl (C=O) groups is 1. The first-order valence-electron chi connectivity index (χ1n) is 9.27. The Hall–Kier alpha value is -1.90. The number of sulfone groups is 2. The van der Waals surface area contributed by atoms with Gasteiger partial charge in [0, 0.05) is 10.7 Å². The van der Waals surface area contributed by atoms with E-state index in [1.807, 2.05) is 0 Å². The largest absolute Gasteiger partial charge is 0.325 e. The van der Waals surface area contributed by atoms with Crippen LogP contribution >= 0.6 is 11.6 Å². The third kappa shape index (κ3) is 4.06. The molecule has 0 heterocycles. The number of rotatable bonds is 6. The van der Waals surface area contributed by atoms with Crippen LogP contribution in [0, 0.1) is 0 Å². The summed E-state index contributed by atoms with van der Waals surface area (Å²) in [6.45, 7) is 1.55. The van der Waals surface area contributed by atoms with Crippen molar-refractivity contribution in [1.29, 1.82) is 0 Å². The zero-order valence-corrected chi connectivity index (χ0v) is 18.3. The second-order valence-electron chi connectivity index (χ2n) is 7.04. The molecular formula is C20H22ClNO5S2. The summed E-state index contributed by atoms with van der Waals surface area (Å²) in [5, 5.41) is 3.08. The summed E-state index contributed by atoms with van der Waals surface area (Å²) >= 11 is 5.86. The number of anilines is 1. The van der Waals surface area contributed by atoms with Gasteiger partial charge in [-0.25, -0.2) is 16.8 Å². The fourth-order valence-electron chi connectivity index (χ4n) is 3.56. The van der Waals surface area contributed by atoms with Crippen molar-refractivity contribution in [3.8, 4) is 0 Å². The molecule has 0 unspecified atom stereocenters. The number of halogens is 1. The fraction of sp³-hybridized carbons (Fsp3) is 0.350. The van der Waals surface area contributed by atoms with Crippen LogP contribution in [0.1, 0.15) is 32.6 Å². The molecule has 1 aliphatic carbocycles. The van der Waals surface area contributed by atoms with Gasteiger partial charge < -0.3 is 5.32 Å². The highest BCUT2D eigenvalue weighted by Gasteiger charge is 2.52. The molecule has 0 radical (unpaired) electrons. The first-order chi connectivity index (χ1) is 13.6. The summed E-state index contributed by atoms with van der Waals surface area (Å²) in [4.78, 5) is 13.3. The maximum atomic E-state index is 13.3. The van der Waals surface area contributed by atoms with E-state index in [-0.39, 0.29) is 28.4 Å². The van der Waals surface area contributed by atoms with Gasteiger partial charge in [-0.1, -0.05) is 31.4 Å². The van der Waals surface area contributed by atoms with Gasteiger partial charge in [0.1, 0.15) is 0 Å². The average Bonchev–Trinajstić information content (AvgIpc) is 3.21. The lowest BCUT2D eigenvalue weighted by Gasteiger charge is -2.27. The van der Waals surface area contributed by atoms with Crippen LogP contribution in [0.15, 0.2) is 58.3 Å². The van der Waals surface area contributed by atoms with Gasteiger partial charge >= 0.3 is 0 Å². The molecule has 1 aliphatic rings. The molecule has 29 heavy (non-hydrogen) atoms. The molecule has 6 nitrogen and oxygen atoms in total. The molecule has 0 aromatic heterocycles. The van der Waals surface area contributed by atoms with Crippen molar-refractivity contribution in [2.45, 2.75) is 47.1 Å². The third-order valence-corrected chi connectivity index (χ3v) is 9.83. The Balaban J connectivity index is 1.91. The SMILES string of the molecule is CCS(=O)(=O)c1ccc(NC(=O)C2(S(=O)(=O)c3ccc(Cl)cc3)CCCC2)cc1. The van der Waals surface area contributed by atoms with Crippen LogP contribution in [0.3, 0.4) is 0 Å². The summed E-state index contributed by atoms with van der Waals surface area (Å²) in [5.41, 5.74) is 0.350. The molecule has 2 aromatic rings. The van der Waals surface area contributed by atoms with Crippen LogP contribution in [0.25, 0.3) is 0 Å². The van der Waals surface area contributed by atoms with Crippen molar-refractivity contribution in [3.05, 3.63) is 53.6 Å². The molecule has 1 N–H and O–H groups in total. The van der Waals surface area contributed by atoms with E-state index in [1.54, 1.807) is 6.92 Å². The van der Waals surface area contributed by atoms with Gasteiger partial charge in [-0.15, -0.1) is 0 Å². The first-order valence-corrected chi connectivity index (χ1v) is 12.8. The van der Waals surface area contributed by atoms with E-state index in [1.165, 1.54) is 48.5 Å². The summed E-state index contributed by atoms with van der Waals surface area (Å²) < 4.78 is 49.0. The summed E-state index contributed by atoms with van der Waals surface area (Å²) in [7, 11) is -7.29. The first kappa shape index (κ1) is 21.8. The molecule has 0 atom stereocenters. The predicted molar refractivity (Wildman–Crippen MR) is 113 cm³/mol. The molecule has 2 aromatic carbocycles. The molecular weight excluding hydrogens is 434 g/mol. The van der Waals surface area contributed by atoms with Crippen molar-refractivity contribution >= 4 is 42.9 Å². The van der Waals surface area contributed by atoms with Crippen LogP contribution in [-0.4, -0.2) is 33.2 Å². The predicted octanol–water partition coefficient (Wildman–Crippen LogP) is 3.86. The second-order valence-corrected chi connectivity index (χ2v) is 12.0. The van der Waals surface area contributed by atoms with E-state index < -0.39 is 30.3 Å². The van der Waals surface area contributed by atoms with Crippen molar-refractivity contribution in [2.75, 3.05) is 11.1 Å². The lowest BCUT2D eigenvalue weighted by atomic mass is 10.1. The molecule has 0 saturated heterocycles. The molecule has 0 spiro atoms. The van der Waals surface area contributed by atoms with E-state index in [4.69, 9.17) is 11.6 Å². The average molecular weight is 456 g/mol. The Morgan fingerprint density at radius 3 is 1.97 bits per heavy atom. The van der Waals surface area contributed by atoms with Crippen molar-refractivity contribution in [2.24, 2.45) is 0 Å². The Morgan fingerprint density at radius 2 is 1.45 bits per heavy atom. The quantitative estimate of drug-likeness (QED) is 0.713. The monoisotopic (exact) mass is 455 g/mol. The van der Waals surface area contributed by atoms with Crippen LogP contribution in [0.2, 0.25) is 5.02 Å². The second kappa shape index (κ2) is 8.08. The van der Waals surface area contributed by atoms with E-state index >= 15 is 0 Å². The number of amides is 1. The van der Waals surface area contributed by atoms with Gasteiger partial charge in [-0.3, -0.25) is 4.79 Å². The Bertz CT molecular complexity index is 1100. The zero-order valence-electron chi connectivity index (χ0n) is 15.9. The minimum absolute atomic E-state index is 0.0266. The van der Waals surface area contributed by atoms with E-state index in [0.29, 0.717) is 23.6 Å². The number of benzene rings is 2. The highest BCUT2D eigenvalue weighted by atomic mass is 35.5. The van der Waals surface area contributed by atoms with E-state index in [0.717, 1.165) is 0 Å². The molecule has 0 aliphatic heterocycles. The molecule has 0 bridgehead atoms. The smallest absolute Gasteiger partial charge is 0.246 e. The highest BCUT2D eigenvalue weighted by molar-refractivity contribution is 7.93. The van der Waals surface area contributed by atoms with Gasteiger partial charge in [-0.05, 0) is 61.4 Å². The molecule has 9 heteroatoms. The summed E-state index contributed by atoms with van der Waals surface area (Å²) in [6.07, 6.45) is 1.72. The molecule has 1 fully saturated rings. The van der Waals surface area contributed by atoms with Gasteiger partial charge in [-0.2, -0.15) is 0 Å². The van der Waals surface area contributed by atoms with Crippen LogP contribution in [-0.2, 0) is 24.5 Å². The maximum Gasteiger partial charge on any atom is 0.246 e. The van der Waals surface area contributed by atoms with E-state index in [2.05, 4.69) is 5.32 Å². The minimum atomic E-state index is -3.94. The molecule has 156 valence electrons. The number of carbonyl (C=O) groups excluding carboxylic acids is 1. The summed E-state index contributed by atoms with van der Waals surface area (Å²) in [5.74, 6) is -0.628. The number of nitrogens with one attached hydrogen (secondary N) is 1. The Labute approximate surface area is 176 Å². The van der Waals surface area contributed by atoms with Crippen molar-refractivity contribution in [1.82, 2.24) is 0 Å². The fourth-order valence-corrected chi connectivity index (χ4v) is 6.64. The standard InChI is InChI=1S/C20H22ClNO5S2/c1-2-28(24,25)17-11-7-16(8-12-17)22-19(23)20(13-3-4-14-20)29(26,27)18-9-5-15(21)6-10-18/h5-12H,2-4,13-14H2,1H3,(H,22,23). The van der Waals surface area contributed by atoms with Gasteiger partial charge in [0.05, 0.1) is 15.5 Å². The summed E-state index contributed by atoms with van der Waals surface area (Å²) in [6, 6.07) is 11.6. The zero-order chi connectivity index (χ0) is 21.3. The van der Waals surface area contributed by atoms with Crippen LogP contribution in [0.5, 0.6) is 0 Å². The topological polar surface area (TPSA) is 97.4 Å². The number of hydrogen-bond acceptors (Lipinski definition) is 5. The highest BCUT2D eigenvalue weighted by Crippen LogP contribution is 2.41. The molecule has 3 rings (SSSR count). The normalized spacial score (nSPS) is 16.5. The molecule has 1 saturated carbocycles. The third-order valence-electron chi connectivity index (χ3n) is 5.31. The van der Waals surface area contributed by atoms with Crippen LogP contribution < -0.4 is 5.32 Å². The number of hydrogen-bond donors (Lipinski definition) is 1. The van der Waals surface area contributed by atoms with Crippen LogP contribution in [0.4, 0.5) is 5.69 Å². The lowest BCUT2D eigenvalue weighted by molar-refractivity contribution is -0.118. The maximum absolute atomic E-state index is 13.3. The minimum Gasteiger partial charge on any atom is -0.325 e. The Kier molecular flexibility index (Phi) is 6.08. The van der Waals surface area contributed by atoms with Crippen molar-refractivity contribution in [3.63, 3.8) is 0 Å². The lowest BCUT2D eigenvalue weighted by Crippen LogP contribution is -2.47. The van der Waals surface area contributed by atoms with Gasteiger partial charge in [0.15, 0.2) is 24.4 Å². The van der Waals surface area contributed by atoms with E-state index in [9.17, 15) is 21.6 Å². The van der Waals surface area contributed by atoms with Crippen molar-refractivity contribution < 1.29 is 21.6 Å². The van der Waals surface area contributed by atoms with Gasteiger partial charge in [0.2, 0.25) is 5.91 Å². The Morgan fingerprint density at radius 1 is 0.931 bits per heavy atom. The van der Waals surface area contributed by atoms with Gasteiger partial charge in [0.25, 0.3) is 0 Å². The molecule has 1 amide bonds.